The summed E-state index contributed by atoms with van der Waals surface area (Å²) in [7, 11) is 1.49. The summed E-state index contributed by atoms with van der Waals surface area (Å²) >= 11 is 0. The van der Waals surface area contributed by atoms with Crippen LogP contribution in [-0.2, 0) is 25.0 Å². The van der Waals surface area contributed by atoms with E-state index in [-0.39, 0.29) is 48.1 Å². The van der Waals surface area contributed by atoms with E-state index in [0.29, 0.717) is 30.5 Å². The molecular weight excluding hydrogens is 572 g/mol. The van der Waals surface area contributed by atoms with Crippen LogP contribution >= 0.6 is 0 Å². The normalized spacial score (nSPS) is 29.1. The molecule has 2 fully saturated rings. The van der Waals surface area contributed by atoms with Crippen LogP contribution in [0.15, 0.2) is 30.4 Å². The summed E-state index contributed by atoms with van der Waals surface area (Å²) in [4.78, 5) is 50.5. The minimum Gasteiger partial charge on any atom is -0.497 e. The van der Waals surface area contributed by atoms with Gasteiger partial charge in [-0.2, -0.15) is 8.78 Å². The fourth-order valence-corrected chi connectivity index (χ4v) is 6.40. The zero-order chi connectivity index (χ0) is 32.0. The van der Waals surface area contributed by atoms with Gasteiger partial charge in [-0.25, -0.2) is 9.97 Å². The van der Waals surface area contributed by atoms with Crippen molar-refractivity contribution in [2.45, 2.75) is 90.9 Å². The molecule has 0 N–H and O–H groups in total. The fourth-order valence-electron chi connectivity index (χ4n) is 6.40. The van der Waals surface area contributed by atoms with Crippen LogP contribution in [0.25, 0.3) is 11.0 Å². The summed E-state index contributed by atoms with van der Waals surface area (Å²) in [6, 6.07) is 3.93. The Morgan fingerprint density at radius 2 is 1.86 bits per heavy atom. The first-order valence-electron chi connectivity index (χ1n) is 15.3. The van der Waals surface area contributed by atoms with Crippen molar-refractivity contribution in [2.24, 2.45) is 23.2 Å². The second-order valence-corrected chi connectivity index (χ2v) is 13.3. The number of esters is 1. The SMILES string of the molecule is CC[C@@H]1[C@@H]2CN(C(=O)[C@H](C(C)(C)C)CC(=O)O[C@@H]3C[C@H]3CC=CCC(F)(F)c3nc4ccc(OC)cc4nc3O2)[C@@H]1C(C)=O. The van der Waals surface area contributed by atoms with Crippen molar-refractivity contribution in [2.75, 3.05) is 13.7 Å². The standard InChI is InChI=1S/C33H41F2N3O6/c1-7-21-26-17-38(28(21)18(2)39)31(41)22(32(3,4)5)16-27(40)43-25-14-19(25)10-8-9-13-33(34,35)29-30(44-26)37-24-15-20(42-6)11-12-23(24)36-29/h8-9,11-12,15,19,21-22,25-26,28H,7,10,13-14,16-17H2,1-6H3/t19-,21-,22-,25-,26+,28-/m1/s1. The van der Waals surface area contributed by atoms with Crippen molar-refractivity contribution in [3.05, 3.63) is 36.0 Å². The van der Waals surface area contributed by atoms with Crippen LogP contribution in [0, 0.1) is 23.2 Å². The van der Waals surface area contributed by atoms with Crippen LogP contribution in [0.5, 0.6) is 11.6 Å². The zero-order valence-electron chi connectivity index (χ0n) is 26.1. The molecule has 238 valence electrons. The molecule has 1 aliphatic carbocycles. The third kappa shape index (κ3) is 6.42. The van der Waals surface area contributed by atoms with E-state index in [1.54, 1.807) is 24.3 Å². The number of hydrogen-bond donors (Lipinski definition) is 0. The minimum atomic E-state index is -3.43. The van der Waals surface area contributed by atoms with Gasteiger partial charge in [-0.15, -0.1) is 0 Å². The number of methoxy groups -OCH3 is 1. The van der Waals surface area contributed by atoms with Gasteiger partial charge in [-0.05, 0) is 43.7 Å². The van der Waals surface area contributed by atoms with Crippen LogP contribution in [0.4, 0.5) is 8.78 Å². The topological polar surface area (TPSA) is 108 Å². The first-order valence-corrected chi connectivity index (χ1v) is 15.3. The van der Waals surface area contributed by atoms with Crippen molar-refractivity contribution in [1.82, 2.24) is 14.9 Å². The predicted octanol–water partition coefficient (Wildman–Crippen LogP) is 5.64. The zero-order valence-corrected chi connectivity index (χ0v) is 26.1. The first kappa shape index (κ1) is 31.8. The predicted molar refractivity (Wildman–Crippen MR) is 158 cm³/mol. The summed E-state index contributed by atoms with van der Waals surface area (Å²) in [6.45, 7) is 8.86. The van der Waals surface area contributed by atoms with Gasteiger partial charge < -0.3 is 19.1 Å². The molecule has 9 nitrogen and oxygen atoms in total. The lowest BCUT2D eigenvalue weighted by Gasteiger charge is -2.35. The molecule has 2 aromatic rings. The molecule has 11 heteroatoms. The smallest absolute Gasteiger partial charge is 0.306 e. The molecule has 3 heterocycles. The molecule has 0 radical (unpaired) electrons. The van der Waals surface area contributed by atoms with Crippen LogP contribution in [0.3, 0.4) is 0 Å². The molecule has 6 atom stereocenters. The van der Waals surface area contributed by atoms with Crippen LogP contribution in [0.2, 0.25) is 0 Å². The Bertz CT molecular complexity index is 1470. The molecule has 0 unspecified atom stereocenters. The van der Waals surface area contributed by atoms with Crippen molar-refractivity contribution in [1.29, 1.82) is 0 Å². The first-order chi connectivity index (χ1) is 20.7. The van der Waals surface area contributed by atoms with Gasteiger partial charge >= 0.3 is 5.97 Å². The average molecular weight is 614 g/mol. The van der Waals surface area contributed by atoms with E-state index in [9.17, 15) is 14.4 Å². The molecule has 44 heavy (non-hydrogen) atoms. The number of carbonyl (C=O) groups is 3. The van der Waals surface area contributed by atoms with E-state index in [1.807, 2.05) is 27.7 Å². The number of ether oxygens (including phenoxy) is 3. The summed E-state index contributed by atoms with van der Waals surface area (Å²) in [5.41, 5.74) is -0.662. The average Bonchev–Trinajstić information content (AvgIpc) is 3.58. The minimum absolute atomic E-state index is 0.0311. The molecule has 5 rings (SSSR count). The molecule has 1 saturated heterocycles. The van der Waals surface area contributed by atoms with E-state index in [0.717, 1.165) is 0 Å². The quantitative estimate of drug-likeness (QED) is 0.324. The van der Waals surface area contributed by atoms with Crippen molar-refractivity contribution < 1.29 is 37.4 Å². The summed E-state index contributed by atoms with van der Waals surface area (Å²) < 4.78 is 49.0. The summed E-state index contributed by atoms with van der Waals surface area (Å²) in [5.74, 6) is -5.62. The monoisotopic (exact) mass is 613 g/mol. The highest BCUT2D eigenvalue weighted by molar-refractivity contribution is 5.91. The van der Waals surface area contributed by atoms with Gasteiger partial charge in [0.1, 0.15) is 18.0 Å². The van der Waals surface area contributed by atoms with Crippen molar-refractivity contribution in [3.8, 4) is 11.6 Å². The Hall–Kier alpha value is -3.63. The van der Waals surface area contributed by atoms with Gasteiger partial charge in [-0.1, -0.05) is 39.8 Å². The van der Waals surface area contributed by atoms with Crippen molar-refractivity contribution >= 4 is 28.7 Å². The van der Waals surface area contributed by atoms with E-state index in [2.05, 4.69) is 9.97 Å². The van der Waals surface area contributed by atoms with E-state index in [1.165, 1.54) is 25.0 Å². The van der Waals surface area contributed by atoms with Gasteiger partial charge in [0.05, 0.1) is 43.1 Å². The number of nitrogens with zero attached hydrogens (tertiary/aromatic N) is 3. The molecule has 1 amide bonds. The van der Waals surface area contributed by atoms with Crippen LogP contribution in [-0.4, -0.2) is 64.4 Å². The molecular formula is C33H41F2N3O6. The Labute approximate surface area is 256 Å². The summed E-state index contributed by atoms with van der Waals surface area (Å²) in [6.07, 6.45) is 2.76. The molecule has 3 aliphatic rings. The molecule has 2 aliphatic heterocycles. The number of fused-ring (bicyclic) bond motifs is 5. The highest BCUT2D eigenvalue weighted by atomic mass is 19.3. The summed E-state index contributed by atoms with van der Waals surface area (Å²) in [5, 5.41) is 0. The van der Waals surface area contributed by atoms with Gasteiger partial charge in [0.2, 0.25) is 11.8 Å². The van der Waals surface area contributed by atoms with Crippen LogP contribution in [0.1, 0.15) is 72.4 Å². The highest BCUT2D eigenvalue weighted by Crippen LogP contribution is 2.43. The van der Waals surface area contributed by atoms with Gasteiger partial charge in [0.25, 0.3) is 5.92 Å². The highest BCUT2D eigenvalue weighted by Gasteiger charge is 2.51. The number of Topliss-reactive ketones (excluding diaryl/α,β-unsaturated/α-hetero) is 1. The molecule has 2 bridgehead atoms. The number of allylic oxidation sites excluding steroid dienone is 2. The molecule has 1 aromatic carbocycles. The number of halogens is 2. The van der Waals surface area contributed by atoms with Gasteiger partial charge in [0.15, 0.2) is 11.5 Å². The number of rotatable bonds is 3. The lowest BCUT2D eigenvalue weighted by Crippen LogP contribution is -2.48. The number of carbonyl (C=O) groups excluding carboxylic acids is 3. The second-order valence-electron chi connectivity index (χ2n) is 13.3. The Morgan fingerprint density at radius 1 is 1.11 bits per heavy atom. The number of amides is 1. The fraction of sp³-hybridized carbons (Fsp3) is 0.606. The van der Waals surface area contributed by atoms with Gasteiger partial charge in [-0.3, -0.25) is 14.4 Å². The van der Waals surface area contributed by atoms with E-state index >= 15 is 8.78 Å². The van der Waals surface area contributed by atoms with Crippen LogP contribution < -0.4 is 9.47 Å². The maximum atomic E-state index is 15.9. The largest absolute Gasteiger partial charge is 0.497 e. The maximum Gasteiger partial charge on any atom is 0.306 e. The lowest BCUT2D eigenvalue weighted by molar-refractivity contribution is -0.154. The number of benzene rings is 1. The number of alkyl halides is 2. The Kier molecular flexibility index (Phi) is 8.70. The number of ketones is 1. The maximum absolute atomic E-state index is 15.9. The second kappa shape index (κ2) is 12.0. The molecule has 1 saturated carbocycles. The Balaban J connectivity index is 1.61. The number of aromatic nitrogens is 2. The third-order valence-corrected chi connectivity index (χ3v) is 9.05. The lowest BCUT2D eigenvalue weighted by atomic mass is 9.77. The Morgan fingerprint density at radius 3 is 2.52 bits per heavy atom. The number of hydrogen-bond acceptors (Lipinski definition) is 8. The molecule has 0 spiro atoms. The van der Waals surface area contributed by atoms with Crippen molar-refractivity contribution in [3.63, 3.8) is 0 Å². The molecule has 1 aromatic heterocycles. The third-order valence-electron chi connectivity index (χ3n) is 9.05. The van der Waals surface area contributed by atoms with E-state index in [4.69, 9.17) is 14.2 Å². The van der Waals surface area contributed by atoms with Gasteiger partial charge in [0, 0.05) is 24.3 Å². The van der Waals surface area contributed by atoms with E-state index < -0.39 is 53.4 Å².